The van der Waals surface area contributed by atoms with Crippen molar-refractivity contribution in [3.8, 4) is 0 Å². The van der Waals surface area contributed by atoms with Crippen molar-refractivity contribution >= 4 is 32.0 Å². The quantitative estimate of drug-likeness (QED) is 0.509. The van der Waals surface area contributed by atoms with Crippen molar-refractivity contribution in [2.24, 2.45) is 21.1 Å². The van der Waals surface area contributed by atoms with E-state index in [1.165, 1.54) is 10.2 Å². The first-order valence-corrected chi connectivity index (χ1v) is 11.5. The summed E-state index contributed by atoms with van der Waals surface area (Å²) in [6, 6.07) is 13.3. The molecule has 0 unspecified atom stereocenters. The molecule has 0 aromatic carbocycles. The Bertz CT molecular complexity index is 594. The maximum absolute atomic E-state index is 2.29. The van der Waals surface area contributed by atoms with Gasteiger partial charge in [0.05, 0.1) is 0 Å². The van der Waals surface area contributed by atoms with Crippen LogP contribution in [0.15, 0.2) is 55.0 Å². The van der Waals surface area contributed by atoms with Crippen LogP contribution in [0, 0.1) is 0 Å². The average Bonchev–Trinajstić information content (AvgIpc) is 3.07. The van der Waals surface area contributed by atoms with Crippen molar-refractivity contribution in [2.75, 3.05) is 0 Å². The number of hydrogen-bond donors (Lipinski definition) is 0. The summed E-state index contributed by atoms with van der Waals surface area (Å²) in [7, 11) is 6.47. The fourth-order valence-electron chi connectivity index (χ4n) is 2.41. The molecule has 0 aliphatic heterocycles. The molecule has 4 heteroatoms. The van der Waals surface area contributed by atoms with E-state index in [1.54, 1.807) is 0 Å². The summed E-state index contributed by atoms with van der Waals surface area (Å²) in [4.78, 5) is 0. The summed E-state index contributed by atoms with van der Waals surface area (Å²) < 4.78 is 11.4. The molecule has 3 rings (SSSR count). The van der Waals surface area contributed by atoms with Gasteiger partial charge in [-0.25, -0.2) is 0 Å². The number of hydrogen-bond acceptors (Lipinski definition) is 0. The minimum absolute atomic E-state index is 1.51. The van der Waals surface area contributed by atoms with Gasteiger partial charge in [0.25, 0.3) is 0 Å². The molecular formula is C15H18BiN3. The van der Waals surface area contributed by atoms with E-state index in [9.17, 15) is 0 Å². The molecule has 0 saturated heterocycles. The molecule has 0 spiro atoms. The second-order valence-corrected chi connectivity index (χ2v) is 12.7. The van der Waals surface area contributed by atoms with E-state index in [2.05, 4.69) is 89.8 Å². The predicted molar refractivity (Wildman–Crippen MR) is 80.9 cm³/mol. The van der Waals surface area contributed by atoms with Crippen LogP contribution in [0.3, 0.4) is 0 Å². The first-order valence-electron chi connectivity index (χ1n) is 6.32. The van der Waals surface area contributed by atoms with Gasteiger partial charge in [-0.2, -0.15) is 0 Å². The summed E-state index contributed by atoms with van der Waals surface area (Å²) in [6.07, 6.45) is 6.47. The molecule has 0 atom stereocenters. The number of aryl methyl sites for hydroxylation is 3. The molecule has 19 heavy (non-hydrogen) atoms. The van der Waals surface area contributed by atoms with Gasteiger partial charge >= 0.3 is 122 Å². The second kappa shape index (κ2) is 5.01. The molecule has 3 aromatic rings. The van der Waals surface area contributed by atoms with E-state index in [4.69, 9.17) is 0 Å². The summed E-state index contributed by atoms with van der Waals surface area (Å²) in [5.74, 6) is 0. The fraction of sp³-hybridized carbons (Fsp3) is 0.200. The van der Waals surface area contributed by atoms with E-state index >= 15 is 0 Å². The van der Waals surface area contributed by atoms with Crippen molar-refractivity contribution in [1.82, 2.24) is 13.7 Å². The van der Waals surface area contributed by atoms with Gasteiger partial charge in [0, 0.05) is 0 Å². The van der Waals surface area contributed by atoms with Gasteiger partial charge in [0.1, 0.15) is 0 Å². The van der Waals surface area contributed by atoms with Crippen molar-refractivity contribution in [2.45, 2.75) is 0 Å². The Morgan fingerprint density at radius 1 is 0.632 bits per heavy atom. The molecule has 0 amide bonds. The Kier molecular flexibility index (Phi) is 3.36. The third-order valence-corrected chi connectivity index (χ3v) is 14.2. The SMILES string of the molecule is Cn1ccc[c]1[Bi]([c]1cccn1C)[c]1cccn1C. The van der Waals surface area contributed by atoms with Crippen LogP contribution in [-0.2, 0) is 21.1 Å². The molecule has 0 fully saturated rings. The van der Waals surface area contributed by atoms with Gasteiger partial charge < -0.3 is 0 Å². The Morgan fingerprint density at radius 2 is 0.947 bits per heavy atom. The van der Waals surface area contributed by atoms with Gasteiger partial charge in [-0.05, 0) is 0 Å². The minimum atomic E-state index is -2.16. The third kappa shape index (κ3) is 2.19. The molecule has 0 aliphatic carbocycles. The van der Waals surface area contributed by atoms with Crippen LogP contribution in [0.4, 0.5) is 0 Å². The van der Waals surface area contributed by atoms with Crippen molar-refractivity contribution < 1.29 is 0 Å². The van der Waals surface area contributed by atoms with Crippen LogP contribution in [0.2, 0.25) is 0 Å². The summed E-state index contributed by atoms with van der Waals surface area (Å²) in [5, 5.41) is 0. The molecule has 0 bridgehead atoms. The van der Waals surface area contributed by atoms with E-state index < -0.39 is 21.8 Å². The van der Waals surface area contributed by atoms with Crippen LogP contribution in [-0.4, -0.2) is 35.5 Å². The van der Waals surface area contributed by atoms with Crippen LogP contribution >= 0.6 is 0 Å². The Balaban J connectivity index is 2.20. The summed E-state index contributed by atoms with van der Waals surface area (Å²) in [6.45, 7) is 0. The number of rotatable bonds is 3. The summed E-state index contributed by atoms with van der Waals surface area (Å²) >= 11 is -2.16. The third-order valence-electron chi connectivity index (χ3n) is 3.44. The Morgan fingerprint density at radius 3 is 1.16 bits per heavy atom. The predicted octanol–water partition coefficient (Wildman–Crippen LogP) is 0.218. The Labute approximate surface area is 121 Å². The van der Waals surface area contributed by atoms with Crippen molar-refractivity contribution in [3.63, 3.8) is 0 Å². The zero-order chi connectivity index (χ0) is 13.4. The molecule has 3 aromatic heterocycles. The maximum atomic E-state index is 2.29. The van der Waals surface area contributed by atoms with Crippen molar-refractivity contribution in [1.29, 1.82) is 0 Å². The number of nitrogens with zero attached hydrogens (tertiary/aromatic N) is 3. The Hall–Kier alpha value is -1.28. The van der Waals surface area contributed by atoms with Gasteiger partial charge in [-0.1, -0.05) is 0 Å². The fourth-order valence-corrected chi connectivity index (χ4v) is 12.3. The number of aromatic nitrogens is 3. The van der Waals surface area contributed by atoms with Crippen LogP contribution in [0.25, 0.3) is 0 Å². The average molecular weight is 449 g/mol. The van der Waals surface area contributed by atoms with Gasteiger partial charge in [0.2, 0.25) is 0 Å². The summed E-state index contributed by atoms with van der Waals surface area (Å²) in [5.41, 5.74) is 0. The van der Waals surface area contributed by atoms with Crippen molar-refractivity contribution in [3.05, 3.63) is 55.0 Å². The zero-order valence-electron chi connectivity index (χ0n) is 11.5. The molecule has 98 valence electrons. The molecule has 3 heterocycles. The van der Waals surface area contributed by atoms with E-state index in [-0.39, 0.29) is 0 Å². The molecule has 0 radical (unpaired) electrons. The molecule has 3 nitrogen and oxygen atoms in total. The van der Waals surface area contributed by atoms with E-state index in [1.807, 2.05) is 0 Å². The second-order valence-electron chi connectivity index (χ2n) is 4.77. The van der Waals surface area contributed by atoms with Gasteiger partial charge in [-0.15, -0.1) is 0 Å². The first-order chi connectivity index (χ1) is 9.18. The molecule has 0 saturated carbocycles. The van der Waals surface area contributed by atoms with E-state index in [0.717, 1.165) is 0 Å². The monoisotopic (exact) mass is 449 g/mol. The topological polar surface area (TPSA) is 14.8 Å². The zero-order valence-corrected chi connectivity index (χ0v) is 15.0. The first kappa shape index (κ1) is 12.7. The standard InChI is InChI=1S/3C5H6N.Bi/c3*1-6-4-2-3-5-6;/h3*2-4H,1H3;. The molecule has 0 aliphatic rings. The molecule has 0 N–H and O–H groups in total. The van der Waals surface area contributed by atoms with E-state index in [0.29, 0.717) is 0 Å². The molecular weight excluding hydrogens is 431 g/mol. The normalized spacial score (nSPS) is 11.4. The van der Waals surface area contributed by atoms with Crippen LogP contribution in [0.5, 0.6) is 0 Å². The van der Waals surface area contributed by atoms with Gasteiger partial charge in [-0.3, -0.25) is 0 Å². The van der Waals surface area contributed by atoms with Crippen LogP contribution in [0.1, 0.15) is 0 Å². The van der Waals surface area contributed by atoms with Crippen LogP contribution < -0.4 is 10.2 Å². The van der Waals surface area contributed by atoms with Gasteiger partial charge in [0.15, 0.2) is 0 Å².